The number of methoxy groups -OCH3 is 2. The van der Waals surface area contributed by atoms with Gasteiger partial charge in [0.2, 0.25) is 0 Å². The molecule has 6 nitrogen and oxygen atoms in total. The van der Waals surface area contributed by atoms with Crippen LogP contribution < -0.4 is 4.74 Å². The molecule has 0 aromatic carbocycles. The van der Waals surface area contributed by atoms with E-state index >= 15 is 0 Å². The smallest absolute Gasteiger partial charge is 0.340 e. The van der Waals surface area contributed by atoms with Crippen LogP contribution in [-0.4, -0.2) is 30.2 Å². The highest BCUT2D eigenvalue weighted by Gasteiger charge is 2.19. The molecule has 0 saturated carbocycles. The molecular formula is C15H13N3O3. The van der Waals surface area contributed by atoms with E-state index in [1.54, 1.807) is 12.1 Å². The summed E-state index contributed by atoms with van der Waals surface area (Å²) in [7, 11) is 2.75. The second kappa shape index (κ2) is 6.01. The van der Waals surface area contributed by atoms with E-state index in [0.717, 1.165) is 5.69 Å². The molecule has 0 aliphatic carbocycles. The molecule has 0 radical (unpaired) electrons. The van der Waals surface area contributed by atoms with Gasteiger partial charge in [0.1, 0.15) is 6.07 Å². The van der Waals surface area contributed by atoms with Gasteiger partial charge in [-0.05, 0) is 19.1 Å². The molecule has 0 bridgehead atoms. The standard InChI is InChI=1S/C15H13N3O3/c1-9-6-11(12(8-18-9)15(19)21-3)10-4-5-17-13(7-16)14(10)20-2/h4-6,8H,1-3H3. The molecule has 2 heterocycles. The Balaban J connectivity index is 2.75. The van der Waals surface area contributed by atoms with Gasteiger partial charge in [-0.15, -0.1) is 0 Å². The van der Waals surface area contributed by atoms with E-state index in [4.69, 9.17) is 14.7 Å². The van der Waals surface area contributed by atoms with Crippen molar-refractivity contribution in [2.75, 3.05) is 14.2 Å². The van der Waals surface area contributed by atoms with Crippen molar-refractivity contribution in [1.82, 2.24) is 9.97 Å². The molecule has 0 N–H and O–H groups in total. The predicted octanol–water partition coefficient (Wildman–Crippen LogP) is 2.12. The highest BCUT2D eigenvalue weighted by molar-refractivity contribution is 5.98. The highest BCUT2D eigenvalue weighted by atomic mass is 16.5. The molecule has 0 spiro atoms. The lowest BCUT2D eigenvalue weighted by Crippen LogP contribution is -2.06. The minimum Gasteiger partial charge on any atom is -0.493 e. The van der Waals surface area contributed by atoms with Gasteiger partial charge in [0, 0.05) is 29.2 Å². The van der Waals surface area contributed by atoms with Crippen LogP contribution in [0.15, 0.2) is 24.5 Å². The van der Waals surface area contributed by atoms with Crippen molar-refractivity contribution < 1.29 is 14.3 Å². The number of esters is 1. The van der Waals surface area contributed by atoms with Crippen molar-refractivity contribution in [2.45, 2.75) is 6.92 Å². The van der Waals surface area contributed by atoms with Gasteiger partial charge in [0.05, 0.1) is 19.8 Å². The Bertz CT molecular complexity index is 735. The zero-order chi connectivity index (χ0) is 15.4. The van der Waals surface area contributed by atoms with Crippen molar-refractivity contribution in [3.8, 4) is 22.9 Å². The van der Waals surface area contributed by atoms with Crippen molar-refractivity contribution in [2.24, 2.45) is 0 Å². The van der Waals surface area contributed by atoms with E-state index in [-0.39, 0.29) is 5.69 Å². The van der Waals surface area contributed by atoms with Crippen molar-refractivity contribution in [1.29, 1.82) is 5.26 Å². The Labute approximate surface area is 122 Å². The van der Waals surface area contributed by atoms with E-state index in [2.05, 4.69) is 9.97 Å². The van der Waals surface area contributed by atoms with Gasteiger partial charge < -0.3 is 9.47 Å². The van der Waals surface area contributed by atoms with Crippen molar-refractivity contribution in [3.63, 3.8) is 0 Å². The second-order valence-corrected chi connectivity index (χ2v) is 4.22. The average Bonchev–Trinajstić information content (AvgIpc) is 2.53. The van der Waals surface area contributed by atoms with E-state index in [0.29, 0.717) is 22.4 Å². The van der Waals surface area contributed by atoms with Crippen LogP contribution in [0, 0.1) is 18.3 Å². The molecule has 0 aliphatic rings. The summed E-state index contributed by atoms with van der Waals surface area (Å²) >= 11 is 0. The third-order valence-corrected chi connectivity index (χ3v) is 2.95. The normalized spacial score (nSPS) is 9.81. The van der Waals surface area contributed by atoms with Crippen molar-refractivity contribution >= 4 is 5.97 Å². The van der Waals surface area contributed by atoms with Gasteiger partial charge in [-0.2, -0.15) is 5.26 Å². The quantitative estimate of drug-likeness (QED) is 0.802. The zero-order valence-corrected chi connectivity index (χ0v) is 11.9. The lowest BCUT2D eigenvalue weighted by molar-refractivity contribution is 0.0601. The summed E-state index contributed by atoms with van der Waals surface area (Å²) < 4.78 is 10.0. The maximum absolute atomic E-state index is 11.9. The third kappa shape index (κ3) is 2.67. The number of hydrogen-bond donors (Lipinski definition) is 0. The summed E-state index contributed by atoms with van der Waals surface area (Å²) in [5.41, 5.74) is 2.37. The first-order valence-corrected chi connectivity index (χ1v) is 6.10. The van der Waals surface area contributed by atoms with Gasteiger partial charge >= 0.3 is 5.97 Å². The lowest BCUT2D eigenvalue weighted by Gasteiger charge is -2.12. The summed E-state index contributed by atoms with van der Waals surface area (Å²) in [6.07, 6.45) is 2.94. The number of aryl methyl sites for hydroxylation is 1. The third-order valence-electron chi connectivity index (χ3n) is 2.95. The molecule has 6 heteroatoms. The molecule has 2 aromatic heterocycles. The van der Waals surface area contributed by atoms with Gasteiger partial charge in [-0.25, -0.2) is 9.78 Å². The van der Waals surface area contributed by atoms with E-state index < -0.39 is 5.97 Å². The Hall–Kier alpha value is -2.94. The molecule has 0 amide bonds. The Morgan fingerprint density at radius 1 is 1.29 bits per heavy atom. The van der Waals surface area contributed by atoms with E-state index in [9.17, 15) is 4.79 Å². The molecule has 0 atom stereocenters. The number of pyridine rings is 2. The van der Waals surface area contributed by atoms with Crippen LogP contribution >= 0.6 is 0 Å². The van der Waals surface area contributed by atoms with Crippen LogP contribution in [0.5, 0.6) is 5.75 Å². The number of hydrogen-bond acceptors (Lipinski definition) is 6. The Morgan fingerprint density at radius 3 is 2.67 bits per heavy atom. The zero-order valence-electron chi connectivity index (χ0n) is 11.9. The molecule has 0 saturated heterocycles. The number of carbonyl (C=O) groups excluding carboxylic acids is 1. The number of ether oxygens (including phenoxy) is 2. The number of nitrogens with zero attached hydrogens (tertiary/aromatic N) is 3. The van der Waals surface area contributed by atoms with E-state index in [1.807, 2.05) is 13.0 Å². The molecule has 0 aliphatic heterocycles. The monoisotopic (exact) mass is 283 g/mol. The summed E-state index contributed by atoms with van der Waals surface area (Å²) in [5, 5.41) is 9.10. The van der Waals surface area contributed by atoms with Crippen molar-refractivity contribution in [3.05, 3.63) is 41.5 Å². The number of carbonyl (C=O) groups is 1. The second-order valence-electron chi connectivity index (χ2n) is 4.22. The molecule has 0 fully saturated rings. The lowest BCUT2D eigenvalue weighted by atomic mass is 10.00. The fraction of sp³-hybridized carbons (Fsp3) is 0.200. The molecule has 2 aromatic rings. The fourth-order valence-corrected chi connectivity index (χ4v) is 2.00. The van der Waals surface area contributed by atoms with Crippen LogP contribution in [0.1, 0.15) is 21.7 Å². The number of aromatic nitrogens is 2. The largest absolute Gasteiger partial charge is 0.493 e. The Morgan fingerprint density at radius 2 is 2.05 bits per heavy atom. The number of nitriles is 1. The predicted molar refractivity (Wildman–Crippen MR) is 74.8 cm³/mol. The first-order chi connectivity index (χ1) is 10.1. The van der Waals surface area contributed by atoms with Crippen LogP contribution in [0.25, 0.3) is 11.1 Å². The van der Waals surface area contributed by atoms with Gasteiger partial charge in [0.25, 0.3) is 0 Å². The summed E-state index contributed by atoms with van der Waals surface area (Å²) in [4.78, 5) is 20.0. The topological polar surface area (TPSA) is 85.1 Å². The van der Waals surface area contributed by atoms with Crippen LogP contribution in [0.2, 0.25) is 0 Å². The minimum absolute atomic E-state index is 0.153. The molecule has 21 heavy (non-hydrogen) atoms. The minimum atomic E-state index is -0.505. The fourth-order valence-electron chi connectivity index (χ4n) is 2.00. The first kappa shape index (κ1) is 14.5. The number of rotatable bonds is 3. The van der Waals surface area contributed by atoms with Crippen LogP contribution in [0.4, 0.5) is 0 Å². The van der Waals surface area contributed by atoms with Gasteiger partial charge in [0.15, 0.2) is 11.4 Å². The van der Waals surface area contributed by atoms with E-state index in [1.165, 1.54) is 26.6 Å². The molecule has 106 valence electrons. The SMILES string of the molecule is COC(=O)c1cnc(C)cc1-c1ccnc(C#N)c1OC. The van der Waals surface area contributed by atoms with Crippen LogP contribution in [-0.2, 0) is 4.74 Å². The van der Waals surface area contributed by atoms with Crippen LogP contribution in [0.3, 0.4) is 0 Å². The molecule has 0 unspecified atom stereocenters. The maximum Gasteiger partial charge on any atom is 0.340 e. The summed E-state index contributed by atoms with van der Waals surface area (Å²) in [6, 6.07) is 5.39. The average molecular weight is 283 g/mol. The summed E-state index contributed by atoms with van der Waals surface area (Å²) in [6.45, 7) is 1.81. The highest BCUT2D eigenvalue weighted by Crippen LogP contribution is 2.34. The maximum atomic E-state index is 11.9. The Kier molecular flexibility index (Phi) is 4.14. The summed E-state index contributed by atoms with van der Waals surface area (Å²) in [5.74, 6) is -0.189. The van der Waals surface area contributed by atoms with Gasteiger partial charge in [-0.1, -0.05) is 0 Å². The molecule has 2 rings (SSSR count). The molecular weight excluding hydrogens is 270 g/mol. The van der Waals surface area contributed by atoms with Gasteiger partial charge in [-0.3, -0.25) is 4.98 Å². The first-order valence-electron chi connectivity index (χ1n) is 6.10.